The van der Waals surface area contributed by atoms with E-state index >= 15 is 0 Å². The van der Waals surface area contributed by atoms with E-state index in [0.717, 1.165) is 17.3 Å². The summed E-state index contributed by atoms with van der Waals surface area (Å²) in [6, 6.07) is 5.79. The van der Waals surface area contributed by atoms with Crippen LogP contribution in [0.5, 0.6) is 0 Å². The molecule has 0 aliphatic heterocycles. The SMILES string of the molecule is Cc1c(C(=O)OC(C)C)c(=O)nc(SCc2ccc(F)cc2)n1CC(=O)O. The molecule has 0 amide bonds. The second-order valence-electron chi connectivity index (χ2n) is 6.01. The Morgan fingerprint density at radius 2 is 1.93 bits per heavy atom. The number of carboxylic acids is 1. The van der Waals surface area contributed by atoms with Crippen molar-refractivity contribution in [3.05, 3.63) is 57.3 Å². The molecule has 2 rings (SSSR count). The Hall–Kier alpha value is -2.68. The summed E-state index contributed by atoms with van der Waals surface area (Å²) in [5, 5.41) is 9.34. The van der Waals surface area contributed by atoms with E-state index in [1.807, 2.05) is 0 Å². The van der Waals surface area contributed by atoms with E-state index in [4.69, 9.17) is 4.74 Å². The molecule has 0 spiro atoms. The van der Waals surface area contributed by atoms with Crippen molar-refractivity contribution < 1.29 is 23.8 Å². The summed E-state index contributed by atoms with van der Waals surface area (Å²) in [4.78, 5) is 39.6. The average molecular weight is 394 g/mol. The zero-order chi connectivity index (χ0) is 20.1. The lowest BCUT2D eigenvalue weighted by Crippen LogP contribution is -2.29. The average Bonchev–Trinajstić information content (AvgIpc) is 2.56. The van der Waals surface area contributed by atoms with Gasteiger partial charge in [0.1, 0.15) is 17.9 Å². The zero-order valence-corrected chi connectivity index (χ0v) is 15.9. The van der Waals surface area contributed by atoms with Gasteiger partial charge in [0, 0.05) is 11.4 Å². The number of ether oxygens (including phenoxy) is 1. The fraction of sp³-hybridized carbons (Fsp3) is 0.333. The lowest BCUT2D eigenvalue weighted by atomic mass is 10.2. The van der Waals surface area contributed by atoms with Crippen LogP contribution in [0.3, 0.4) is 0 Å². The fourth-order valence-electron chi connectivity index (χ4n) is 2.30. The van der Waals surface area contributed by atoms with Gasteiger partial charge in [0.15, 0.2) is 5.16 Å². The molecule has 1 heterocycles. The predicted molar refractivity (Wildman–Crippen MR) is 97.4 cm³/mol. The number of hydrogen-bond acceptors (Lipinski definition) is 6. The minimum atomic E-state index is -1.14. The molecule has 0 unspecified atom stereocenters. The van der Waals surface area contributed by atoms with Crippen LogP contribution in [0, 0.1) is 12.7 Å². The van der Waals surface area contributed by atoms with Gasteiger partial charge in [0.25, 0.3) is 5.56 Å². The third-order valence-electron chi connectivity index (χ3n) is 3.53. The van der Waals surface area contributed by atoms with Gasteiger partial charge in [-0.05, 0) is 38.5 Å². The Morgan fingerprint density at radius 1 is 1.30 bits per heavy atom. The lowest BCUT2D eigenvalue weighted by molar-refractivity contribution is -0.137. The lowest BCUT2D eigenvalue weighted by Gasteiger charge is -2.16. The van der Waals surface area contributed by atoms with Gasteiger partial charge in [-0.1, -0.05) is 23.9 Å². The van der Waals surface area contributed by atoms with Gasteiger partial charge in [-0.2, -0.15) is 4.98 Å². The first-order chi connectivity index (χ1) is 12.7. The Labute approximate surface area is 159 Å². The van der Waals surface area contributed by atoms with Crippen LogP contribution in [0.15, 0.2) is 34.2 Å². The van der Waals surface area contributed by atoms with Crippen LogP contribution in [0.25, 0.3) is 0 Å². The molecule has 0 saturated heterocycles. The minimum Gasteiger partial charge on any atom is -0.480 e. The largest absolute Gasteiger partial charge is 0.480 e. The number of carbonyl (C=O) groups is 2. The van der Waals surface area contributed by atoms with E-state index in [1.54, 1.807) is 26.0 Å². The van der Waals surface area contributed by atoms with Crippen LogP contribution >= 0.6 is 11.8 Å². The minimum absolute atomic E-state index is 0.158. The summed E-state index contributed by atoms with van der Waals surface area (Å²) in [6.07, 6.45) is -0.434. The van der Waals surface area contributed by atoms with Crippen molar-refractivity contribution in [3.8, 4) is 0 Å². The normalized spacial score (nSPS) is 10.9. The second-order valence-corrected chi connectivity index (χ2v) is 6.95. The summed E-state index contributed by atoms with van der Waals surface area (Å²) >= 11 is 1.12. The first kappa shape index (κ1) is 20.6. The first-order valence-electron chi connectivity index (χ1n) is 8.10. The van der Waals surface area contributed by atoms with Gasteiger partial charge in [0.05, 0.1) is 6.10 Å². The van der Waals surface area contributed by atoms with Crippen LogP contribution in [0.2, 0.25) is 0 Å². The van der Waals surface area contributed by atoms with E-state index in [1.165, 1.54) is 23.6 Å². The van der Waals surface area contributed by atoms with E-state index in [-0.39, 0.29) is 22.2 Å². The Bertz CT molecular complexity index is 909. The van der Waals surface area contributed by atoms with E-state index in [9.17, 15) is 23.9 Å². The highest BCUT2D eigenvalue weighted by Crippen LogP contribution is 2.22. The third-order valence-corrected chi connectivity index (χ3v) is 4.58. The third kappa shape index (κ3) is 5.40. The molecule has 7 nitrogen and oxygen atoms in total. The maximum Gasteiger partial charge on any atom is 0.345 e. The number of esters is 1. The molecular formula is C18H19FN2O5S. The van der Waals surface area contributed by atoms with E-state index < -0.39 is 30.1 Å². The maximum atomic E-state index is 13.0. The number of carbonyl (C=O) groups excluding carboxylic acids is 1. The summed E-state index contributed by atoms with van der Waals surface area (Å²) in [7, 11) is 0. The number of benzene rings is 1. The highest BCUT2D eigenvalue weighted by atomic mass is 32.2. The highest BCUT2D eigenvalue weighted by molar-refractivity contribution is 7.98. The summed E-state index contributed by atoms with van der Waals surface area (Å²) in [6.45, 7) is 4.30. The molecule has 1 aromatic carbocycles. The van der Waals surface area contributed by atoms with Crippen molar-refractivity contribution in [3.63, 3.8) is 0 Å². The number of aromatic nitrogens is 2. The standard InChI is InChI=1S/C18H19FN2O5S/c1-10(2)26-17(25)15-11(3)21(8-14(22)23)18(20-16(15)24)27-9-12-4-6-13(19)7-5-12/h4-7,10H,8-9H2,1-3H3,(H,22,23). The van der Waals surface area contributed by atoms with Crippen molar-refractivity contribution in [1.29, 1.82) is 0 Å². The second kappa shape index (κ2) is 8.81. The topological polar surface area (TPSA) is 98.5 Å². The summed E-state index contributed by atoms with van der Waals surface area (Å²) in [5.74, 6) is -2.00. The molecule has 0 saturated carbocycles. The molecule has 0 bridgehead atoms. The molecule has 144 valence electrons. The number of rotatable bonds is 7. The van der Waals surface area contributed by atoms with Crippen molar-refractivity contribution in [2.75, 3.05) is 0 Å². The van der Waals surface area contributed by atoms with Crippen molar-refractivity contribution in [2.45, 2.75) is 44.3 Å². The highest BCUT2D eigenvalue weighted by Gasteiger charge is 2.23. The van der Waals surface area contributed by atoms with Crippen molar-refractivity contribution >= 4 is 23.7 Å². The molecule has 1 aromatic heterocycles. The van der Waals surface area contributed by atoms with Crippen LogP contribution in [-0.4, -0.2) is 32.7 Å². The van der Waals surface area contributed by atoms with Gasteiger partial charge in [0.2, 0.25) is 0 Å². The zero-order valence-electron chi connectivity index (χ0n) is 15.1. The molecule has 1 N–H and O–H groups in total. The van der Waals surface area contributed by atoms with Gasteiger partial charge in [-0.3, -0.25) is 9.59 Å². The van der Waals surface area contributed by atoms with Crippen LogP contribution in [0.1, 0.15) is 35.5 Å². The van der Waals surface area contributed by atoms with E-state index in [0.29, 0.717) is 5.75 Å². The number of nitrogens with zero attached hydrogens (tertiary/aromatic N) is 2. The first-order valence-corrected chi connectivity index (χ1v) is 9.09. The Morgan fingerprint density at radius 3 is 2.48 bits per heavy atom. The molecule has 0 radical (unpaired) electrons. The molecular weight excluding hydrogens is 375 g/mol. The van der Waals surface area contributed by atoms with E-state index in [2.05, 4.69) is 4.98 Å². The quantitative estimate of drug-likeness (QED) is 0.438. The van der Waals surface area contributed by atoms with Crippen LogP contribution in [0.4, 0.5) is 4.39 Å². The number of hydrogen-bond donors (Lipinski definition) is 1. The van der Waals surface area contributed by atoms with Crippen molar-refractivity contribution in [1.82, 2.24) is 9.55 Å². The number of thioether (sulfide) groups is 1. The Kier molecular flexibility index (Phi) is 6.73. The van der Waals surface area contributed by atoms with Gasteiger partial charge in [-0.15, -0.1) is 0 Å². The van der Waals surface area contributed by atoms with Gasteiger partial charge >= 0.3 is 11.9 Å². The molecule has 0 aliphatic carbocycles. The Balaban J connectivity index is 2.41. The summed E-state index contributed by atoms with van der Waals surface area (Å²) < 4.78 is 19.3. The molecule has 9 heteroatoms. The molecule has 27 heavy (non-hydrogen) atoms. The monoisotopic (exact) mass is 394 g/mol. The molecule has 2 aromatic rings. The van der Waals surface area contributed by atoms with Crippen LogP contribution in [-0.2, 0) is 21.8 Å². The number of halogens is 1. The smallest absolute Gasteiger partial charge is 0.345 e. The number of carboxylic acid groups (broad SMARTS) is 1. The molecule has 0 atom stereocenters. The van der Waals surface area contributed by atoms with Crippen molar-refractivity contribution in [2.24, 2.45) is 0 Å². The molecule has 0 aliphatic rings. The predicted octanol–water partition coefficient (Wildman–Crippen LogP) is 2.63. The summed E-state index contributed by atoms with van der Waals surface area (Å²) in [5.41, 5.74) is -0.111. The van der Waals surface area contributed by atoms with Gasteiger partial charge in [-0.25, -0.2) is 9.18 Å². The molecule has 0 fully saturated rings. The van der Waals surface area contributed by atoms with Crippen LogP contribution < -0.4 is 5.56 Å². The fourth-order valence-corrected chi connectivity index (χ4v) is 3.30. The van der Waals surface area contributed by atoms with Gasteiger partial charge < -0.3 is 14.4 Å². The maximum absolute atomic E-state index is 13.0. The number of aliphatic carboxylic acids is 1.